The molecule has 2 heterocycles. The largest absolute Gasteiger partial charge is 0.497 e. The number of aromatic nitrogens is 1. The van der Waals surface area contributed by atoms with Gasteiger partial charge in [0.15, 0.2) is 0 Å². The van der Waals surface area contributed by atoms with Crippen LogP contribution >= 0.6 is 0 Å². The van der Waals surface area contributed by atoms with E-state index in [4.69, 9.17) is 4.74 Å². The minimum atomic E-state index is 0.308. The predicted octanol–water partition coefficient (Wildman–Crippen LogP) is 6.29. The zero-order chi connectivity index (χ0) is 18.4. The van der Waals surface area contributed by atoms with Gasteiger partial charge in [-0.2, -0.15) is 0 Å². The van der Waals surface area contributed by atoms with Gasteiger partial charge in [0.25, 0.3) is 0 Å². The van der Waals surface area contributed by atoms with E-state index in [-0.39, 0.29) is 0 Å². The third kappa shape index (κ3) is 2.41. The van der Waals surface area contributed by atoms with Crippen molar-refractivity contribution in [1.29, 1.82) is 0 Å². The van der Waals surface area contributed by atoms with E-state index in [0.717, 1.165) is 5.75 Å². The topological polar surface area (TPSA) is 14.2 Å². The van der Waals surface area contributed by atoms with Crippen molar-refractivity contribution < 1.29 is 4.74 Å². The molecule has 0 spiro atoms. The Hall–Kier alpha value is -3.26. The van der Waals surface area contributed by atoms with Gasteiger partial charge in [0.2, 0.25) is 0 Å². The average molecular weight is 351 g/mol. The summed E-state index contributed by atoms with van der Waals surface area (Å²) >= 11 is 0. The van der Waals surface area contributed by atoms with E-state index in [1.54, 1.807) is 7.11 Å². The number of methoxy groups -OCH3 is 1. The summed E-state index contributed by atoms with van der Waals surface area (Å²) < 4.78 is 7.91. The molecule has 0 N–H and O–H groups in total. The maximum Gasteiger partial charge on any atom is 0.119 e. The molecule has 0 bridgehead atoms. The number of rotatable bonds is 3. The van der Waals surface area contributed by atoms with Crippen LogP contribution in [0.5, 0.6) is 5.75 Å². The van der Waals surface area contributed by atoms with Crippen LogP contribution < -0.4 is 4.74 Å². The summed E-state index contributed by atoms with van der Waals surface area (Å²) in [6, 6.07) is 30.1. The third-order valence-electron chi connectivity index (χ3n) is 5.55. The minimum Gasteiger partial charge on any atom is -0.497 e. The van der Waals surface area contributed by atoms with Crippen LogP contribution in [-0.2, 0) is 0 Å². The molecule has 3 aromatic carbocycles. The van der Waals surface area contributed by atoms with Crippen molar-refractivity contribution in [2.45, 2.75) is 12.8 Å². The molecule has 2 heteroatoms. The van der Waals surface area contributed by atoms with Gasteiger partial charge in [-0.3, -0.25) is 0 Å². The summed E-state index contributed by atoms with van der Waals surface area (Å²) in [6.45, 7) is 2.29. The first-order valence-corrected chi connectivity index (χ1v) is 9.32. The Morgan fingerprint density at radius 3 is 2.11 bits per heavy atom. The summed E-state index contributed by atoms with van der Waals surface area (Å²) in [5, 5.41) is 0. The molecule has 0 fully saturated rings. The molecule has 1 aliphatic heterocycles. The van der Waals surface area contributed by atoms with Crippen molar-refractivity contribution in [1.82, 2.24) is 4.57 Å². The van der Waals surface area contributed by atoms with Gasteiger partial charge < -0.3 is 9.30 Å². The normalized spacial score (nSPS) is 14.7. The molecule has 2 nitrogen and oxygen atoms in total. The molecule has 132 valence electrons. The predicted molar refractivity (Wildman–Crippen MR) is 111 cm³/mol. The van der Waals surface area contributed by atoms with Gasteiger partial charge in [-0.15, -0.1) is 0 Å². The van der Waals surface area contributed by atoms with Crippen LogP contribution in [0.25, 0.3) is 28.1 Å². The van der Waals surface area contributed by atoms with Crippen molar-refractivity contribution in [2.75, 3.05) is 7.11 Å². The number of benzene rings is 3. The van der Waals surface area contributed by atoms with Crippen LogP contribution in [0.3, 0.4) is 0 Å². The van der Waals surface area contributed by atoms with Crippen LogP contribution in [0.2, 0.25) is 0 Å². The molecule has 1 unspecified atom stereocenters. The van der Waals surface area contributed by atoms with Crippen molar-refractivity contribution in [2.24, 2.45) is 0 Å². The van der Waals surface area contributed by atoms with Crippen LogP contribution in [0.4, 0.5) is 0 Å². The van der Waals surface area contributed by atoms with Crippen LogP contribution in [0.1, 0.15) is 24.1 Å². The lowest BCUT2D eigenvalue weighted by Crippen LogP contribution is -1.96. The Bertz CT molecular complexity index is 1110. The van der Waals surface area contributed by atoms with Crippen LogP contribution in [-0.4, -0.2) is 11.7 Å². The smallest absolute Gasteiger partial charge is 0.119 e. The van der Waals surface area contributed by atoms with Crippen molar-refractivity contribution in [3.63, 3.8) is 0 Å². The van der Waals surface area contributed by atoms with Crippen LogP contribution in [0.15, 0.2) is 84.9 Å². The highest BCUT2D eigenvalue weighted by molar-refractivity contribution is 5.81. The van der Waals surface area contributed by atoms with Crippen molar-refractivity contribution in [3.8, 4) is 33.8 Å². The van der Waals surface area contributed by atoms with Gasteiger partial charge in [-0.1, -0.05) is 67.6 Å². The van der Waals surface area contributed by atoms with E-state index in [2.05, 4.69) is 96.4 Å². The molecule has 0 aliphatic carbocycles. The van der Waals surface area contributed by atoms with Gasteiger partial charge in [0.05, 0.1) is 18.5 Å². The first kappa shape index (κ1) is 16.0. The number of fused-ring (bicyclic) bond motifs is 3. The zero-order valence-electron chi connectivity index (χ0n) is 15.5. The molecule has 0 radical (unpaired) electrons. The summed E-state index contributed by atoms with van der Waals surface area (Å²) in [5.41, 5.74) is 8.95. The molecule has 1 aromatic heterocycles. The fourth-order valence-corrected chi connectivity index (χ4v) is 4.24. The number of hydrogen-bond acceptors (Lipinski definition) is 1. The second kappa shape index (κ2) is 6.17. The SMILES string of the molecule is COc1ccc2c(c1)C(C)c1c(-c3ccccc3)cc(-c3ccccc3)n1-2. The Labute approximate surface area is 159 Å². The van der Waals surface area contributed by atoms with E-state index in [1.165, 1.54) is 39.3 Å². The highest BCUT2D eigenvalue weighted by atomic mass is 16.5. The fourth-order valence-electron chi connectivity index (χ4n) is 4.24. The quantitative estimate of drug-likeness (QED) is 0.423. The summed E-state index contributed by atoms with van der Waals surface area (Å²) in [4.78, 5) is 0. The highest BCUT2D eigenvalue weighted by Crippen LogP contribution is 2.48. The summed E-state index contributed by atoms with van der Waals surface area (Å²) in [7, 11) is 1.73. The molecule has 5 rings (SSSR count). The second-order valence-corrected chi connectivity index (χ2v) is 7.04. The Kier molecular flexibility index (Phi) is 3.64. The van der Waals surface area contributed by atoms with Crippen molar-refractivity contribution in [3.05, 3.63) is 96.2 Å². The fraction of sp³-hybridized carbons (Fsp3) is 0.120. The molecule has 1 aliphatic rings. The standard InChI is InChI=1S/C25H21NO/c1-17-21-15-20(27-2)13-14-23(21)26-24(19-11-7-4-8-12-19)16-22(25(17)26)18-9-5-3-6-10-18/h3-17H,1-2H3. The monoisotopic (exact) mass is 351 g/mol. The van der Waals surface area contributed by atoms with E-state index in [1.807, 2.05) is 0 Å². The van der Waals surface area contributed by atoms with Gasteiger partial charge in [-0.25, -0.2) is 0 Å². The molecule has 0 saturated carbocycles. The summed E-state index contributed by atoms with van der Waals surface area (Å²) in [6.07, 6.45) is 0. The van der Waals surface area contributed by atoms with Gasteiger partial charge in [-0.05, 0) is 41.0 Å². The second-order valence-electron chi connectivity index (χ2n) is 7.04. The number of nitrogens with zero attached hydrogens (tertiary/aromatic N) is 1. The number of ether oxygens (including phenoxy) is 1. The van der Waals surface area contributed by atoms with Gasteiger partial charge in [0, 0.05) is 17.2 Å². The first-order valence-electron chi connectivity index (χ1n) is 9.32. The lowest BCUT2D eigenvalue weighted by Gasteiger charge is -2.10. The molecule has 0 saturated heterocycles. The molecule has 1 atom stereocenters. The Morgan fingerprint density at radius 1 is 0.778 bits per heavy atom. The molecular formula is C25H21NO. The van der Waals surface area contributed by atoms with Gasteiger partial charge >= 0.3 is 0 Å². The number of hydrogen-bond donors (Lipinski definition) is 0. The Balaban J connectivity index is 1.81. The molecular weight excluding hydrogens is 330 g/mol. The van der Waals surface area contributed by atoms with Crippen LogP contribution in [0, 0.1) is 0 Å². The summed E-state index contributed by atoms with van der Waals surface area (Å²) in [5.74, 6) is 1.22. The van der Waals surface area contributed by atoms with Crippen molar-refractivity contribution >= 4 is 0 Å². The van der Waals surface area contributed by atoms with E-state index in [9.17, 15) is 0 Å². The highest BCUT2D eigenvalue weighted by Gasteiger charge is 2.32. The molecule has 27 heavy (non-hydrogen) atoms. The zero-order valence-corrected chi connectivity index (χ0v) is 15.5. The lowest BCUT2D eigenvalue weighted by molar-refractivity contribution is 0.414. The first-order chi connectivity index (χ1) is 13.3. The Morgan fingerprint density at radius 2 is 1.44 bits per heavy atom. The minimum absolute atomic E-state index is 0.308. The van der Waals surface area contributed by atoms with E-state index in [0.29, 0.717) is 5.92 Å². The third-order valence-corrected chi connectivity index (χ3v) is 5.55. The maximum atomic E-state index is 5.48. The van der Waals surface area contributed by atoms with E-state index < -0.39 is 0 Å². The molecule has 0 amide bonds. The maximum absolute atomic E-state index is 5.48. The average Bonchev–Trinajstić information content (AvgIpc) is 3.26. The lowest BCUT2D eigenvalue weighted by atomic mass is 9.94. The van der Waals surface area contributed by atoms with Gasteiger partial charge in [0.1, 0.15) is 5.75 Å². The van der Waals surface area contributed by atoms with E-state index >= 15 is 0 Å². The molecule has 4 aromatic rings.